The van der Waals surface area contributed by atoms with Crippen molar-refractivity contribution in [1.82, 2.24) is 0 Å². The average molecular weight is 307 g/mol. The van der Waals surface area contributed by atoms with Crippen LogP contribution >= 0.6 is 0 Å². The first-order chi connectivity index (χ1) is 11.2. The van der Waals surface area contributed by atoms with Gasteiger partial charge in [-0.1, -0.05) is 55.5 Å². The molecule has 0 saturated carbocycles. The summed E-state index contributed by atoms with van der Waals surface area (Å²) in [7, 11) is 0. The summed E-state index contributed by atoms with van der Waals surface area (Å²) in [6.07, 6.45) is 6.73. The van der Waals surface area contributed by atoms with E-state index in [4.69, 9.17) is 4.74 Å². The fourth-order valence-electron chi connectivity index (χ4n) is 2.12. The van der Waals surface area contributed by atoms with E-state index in [-0.39, 0.29) is 0 Å². The molecule has 1 N–H and O–H groups in total. The molecule has 2 aromatic carbocycles. The first-order valence-electron chi connectivity index (χ1n) is 7.70. The second-order valence-corrected chi connectivity index (χ2v) is 4.96. The lowest BCUT2D eigenvalue weighted by molar-refractivity contribution is 0.215. The molecule has 1 amide bonds. The minimum atomic E-state index is -0.500. The molecule has 0 bridgehead atoms. The molecule has 0 saturated heterocycles. The van der Waals surface area contributed by atoms with Gasteiger partial charge in [0, 0.05) is 5.69 Å². The third-order valence-corrected chi connectivity index (χ3v) is 3.24. The van der Waals surface area contributed by atoms with Crippen molar-refractivity contribution in [3.63, 3.8) is 0 Å². The van der Waals surface area contributed by atoms with Crippen molar-refractivity contribution in [2.75, 3.05) is 5.32 Å². The molecule has 0 radical (unpaired) electrons. The third-order valence-electron chi connectivity index (χ3n) is 3.24. The fourth-order valence-corrected chi connectivity index (χ4v) is 2.12. The highest BCUT2D eigenvalue weighted by Crippen LogP contribution is 2.20. The molecular weight excluding hydrogens is 286 g/mol. The number of para-hydroxylation sites is 1. The van der Waals surface area contributed by atoms with Gasteiger partial charge in [-0.25, -0.2) is 4.79 Å². The number of hydrogen-bond donors (Lipinski definition) is 1. The highest BCUT2D eigenvalue weighted by atomic mass is 16.6. The van der Waals surface area contributed by atoms with E-state index in [1.807, 2.05) is 55.5 Å². The average Bonchev–Trinajstić information content (AvgIpc) is 2.57. The van der Waals surface area contributed by atoms with Gasteiger partial charge in [-0.15, -0.1) is 0 Å². The Balaban J connectivity index is 2.07. The van der Waals surface area contributed by atoms with Crippen LogP contribution in [0.25, 0.3) is 5.57 Å². The zero-order valence-electron chi connectivity index (χ0n) is 13.5. The number of rotatable bonds is 5. The first kappa shape index (κ1) is 16.6. The summed E-state index contributed by atoms with van der Waals surface area (Å²) in [6, 6.07) is 16.7. The van der Waals surface area contributed by atoms with Crippen LogP contribution < -0.4 is 10.1 Å². The number of nitrogens with one attached hydrogen (secondary N) is 1. The monoisotopic (exact) mass is 307 g/mol. The van der Waals surface area contributed by atoms with E-state index in [0.29, 0.717) is 11.4 Å². The van der Waals surface area contributed by atoms with Gasteiger partial charge >= 0.3 is 6.09 Å². The molecule has 0 fully saturated rings. The molecule has 0 aliphatic heterocycles. The van der Waals surface area contributed by atoms with Crippen LogP contribution in [0.3, 0.4) is 0 Å². The molecule has 0 aromatic heterocycles. The minimum Gasteiger partial charge on any atom is -0.410 e. The largest absolute Gasteiger partial charge is 0.417 e. The molecule has 0 heterocycles. The van der Waals surface area contributed by atoms with Crippen molar-refractivity contribution >= 4 is 17.4 Å². The van der Waals surface area contributed by atoms with Gasteiger partial charge < -0.3 is 4.74 Å². The van der Waals surface area contributed by atoms with Crippen LogP contribution in [0.1, 0.15) is 25.8 Å². The maximum absolute atomic E-state index is 11.9. The molecular formula is C20H21NO2. The quantitative estimate of drug-likeness (QED) is 0.723. The maximum atomic E-state index is 11.9. The van der Waals surface area contributed by atoms with Crippen molar-refractivity contribution in [2.24, 2.45) is 0 Å². The lowest BCUT2D eigenvalue weighted by Crippen LogP contribution is -2.16. The van der Waals surface area contributed by atoms with Crippen LogP contribution in [-0.4, -0.2) is 6.09 Å². The Morgan fingerprint density at radius 3 is 2.61 bits per heavy atom. The Hall–Kier alpha value is -2.81. The number of carbonyl (C=O) groups excluding carboxylic acids is 1. The second kappa shape index (κ2) is 8.59. The summed E-state index contributed by atoms with van der Waals surface area (Å²) in [4.78, 5) is 11.9. The zero-order valence-corrected chi connectivity index (χ0v) is 13.5. The number of allylic oxidation sites excluding steroid dienone is 4. The predicted molar refractivity (Wildman–Crippen MR) is 95.6 cm³/mol. The van der Waals surface area contributed by atoms with E-state index in [1.54, 1.807) is 12.1 Å². The first-order valence-corrected chi connectivity index (χ1v) is 7.70. The molecule has 0 spiro atoms. The SMILES string of the molecule is C/C=C(\C=C/CC)c1cccc(NC(=O)Oc2ccccc2)c1. The molecule has 3 heteroatoms. The Kier molecular flexibility index (Phi) is 6.18. The van der Waals surface area contributed by atoms with Gasteiger partial charge in [-0.3, -0.25) is 5.32 Å². The van der Waals surface area contributed by atoms with Gasteiger partial charge in [-0.05, 0) is 48.7 Å². The fraction of sp³-hybridized carbons (Fsp3) is 0.150. The molecule has 0 aliphatic carbocycles. The lowest BCUT2D eigenvalue weighted by atomic mass is 10.0. The summed E-state index contributed by atoms with van der Waals surface area (Å²) in [5.41, 5.74) is 2.87. The number of carbonyl (C=O) groups is 1. The Labute approximate surface area is 137 Å². The predicted octanol–water partition coefficient (Wildman–Crippen LogP) is 5.67. The van der Waals surface area contributed by atoms with Gasteiger partial charge in [0.25, 0.3) is 0 Å². The highest BCUT2D eigenvalue weighted by Gasteiger charge is 2.06. The molecule has 2 aromatic rings. The molecule has 0 aliphatic rings. The van der Waals surface area contributed by atoms with Crippen molar-refractivity contribution in [3.05, 3.63) is 78.4 Å². The van der Waals surface area contributed by atoms with E-state index in [1.165, 1.54) is 0 Å². The van der Waals surface area contributed by atoms with E-state index < -0.39 is 6.09 Å². The number of ether oxygens (including phenoxy) is 1. The molecule has 0 atom stereocenters. The summed E-state index contributed by atoms with van der Waals surface area (Å²) in [6.45, 7) is 4.10. The Morgan fingerprint density at radius 2 is 1.91 bits per heavy atom. The molecule has 0 unspecified atom stereocenters. The van der Waals surface area contributed by atoms with Gasteiger partial charge in [0.1, 0.15) is 5.75 Å². The summed E-state index contributed by atoms with van der Waals surface area (Å²) in [5, 5.41) is 2.75. The number of hydrogen-bond acceptors (Lipinski definition) is 2. The van der Waals surface area contributed by atoms with E-state index >= 15 is 0 Å². The topological polar surface area (TPSA) is 38.3 Å². The van der Waals surface area contributed by atoms with Crippen molar-refractivity contribution < 1.29 is 9.53 Å². The summed E-state index contributed by atoms with van der Waals surface area (Å²) in [5.74, 6) is 0.515. The lowest BCUT2D eigenvalue weighted by Gasteiger charge is -2.09. The standard InChI is InChI=1S/C20H21NO2/c1-3-5-10-16(4-2)17-11-9-12-18(15-17)21-20(22)23-19-13-7-6-8-14-19/h4-15H,3H2,1-2H3,(H,21,22)/b10-5-,16-4+. The van der Waals surface area contributed by atoms with Crippen molar-refractivity contribution in [3.8, 4) is 5.75 Å². The van der Waals surface area contributed by atoms with Gasteiger partial charge in [0.15, 0.2) is 0 Å². The van der Waals surface area contributed by atoms with Crippen molar-refractivity contribution in [1.29, 1.82) is 0 Å². The smallest absolute Gasteiger partial charge is 0.410 e. The Morgan fingerprint density at radius 1 is 1.13 bits per heavy atom. The maximum Gasteiger partial charge on any atom is 0.417 e. The molecule has 2 rings (SSSR count). The minimum absolute atomic E-state index is 0.500. The molecule has 23 heavy (non-hydrogen) atoms. The van der Waals surface area contributed by atoms with E-state index in [0.717, 1.165) is 17.6 Å². The van der Waals surface area contributed by atoms with Crippen LogP contribution in [0, 0.1) is 0 Å². The summed E-state index contributed by atoms with van der Waals surface area (Å²) < 4.78 is 5.23. The zero-order chi connectivity index (χ0) is 16.5. The van der Waals surface area contributed by atoms with Crippen LogP contribution in [0.4, 0.5) is 10.5 Å². The molecule has 3 nitrogen and oxygen atoms in total. The van der Waals surface area contributed by atoms with E-state index in [9.17, 15) is 4.79 Å². The van der Waals surface area contributed by atoms with Crippen LogP contribution in [0.5, 0.6) is 5.75 Å². The Bertz CT molecular complexity index is 703. The van der Waals surface area contributed by atoms with Crippen molar-refractivity contribution in [2.45, 2.75) is 20.3 Å². The van der Waals surface area contributed by atoms with Gasteiger partial charge in [0.05, 0.1) is 0 Å². The highest BCUT2D eigenvalue weighted by molar-refractivity contribution is 5.87. The van der Waals surface area contributed by atoms with Crippen LogP contribution in [0.15, 0.2) is 72.8 Å². The van der Waals surface area contributed by atoms with Gasteiger partial charge in [0.2, 0.25) is 0 Å². The van der Waals surface area contributed by atoms with Gasteiger partial charge in [-0.2, -0.15) is 0 Å². The van der Waals surface area contributed by atoms with E-state index in [2.05, 4.69) is 24.4 Å². The van der Waals surface area contributed by atoms with Crippen LogP contribution in [0.2, 0.25) is 0 Å². The molecule has 118 valence electrons. The number of anilines is 1. The number of benzene rings is 2. The number of amides is 1. The third kappa shape index (κ3) is 5.15. The normalized spacial score (nSPS) is 11.5. The second-order valence-electron chi connectivity index (χ2n) is 4.96. The van der Waals surface area contributed by atoms with Crippen LogP contribution in [-0.2, 0) is 0 Å². The summed E-state index contributed by atoms with van der Waals surface area (Å²) >= 11 is 0.